The Morgan fingerprint density at radius 2 is 1.89 bits per heavy atom. The first-order valence-electron chi connectivity index (χ1n) is 5.50. The predicted molar refractivity (Wildman–Crippen MR) is 70.4 cm³/mol. The molecular formula is C12H12BrF3OS. The molecule has 2 atom stereocenters. The third kappa shape index (κ3) is 4.09. The Morgan fingerprint density at radius 1 is 1.22 bits per heavy atom. The van der Waals surface area contributed by atoms with Crippen molar-refractivity contribution in [1.29, 1.82) is 0 Å². The number of rotatable bonds is 3. The molecule has 0 radical (unpaired) electrons. The lowest BCUT2D eigenvalue weighted by Gasteiger charge is -2.13. The Labute approximate surface area is 116 Å². The number of halogens is 4. The van der Waals surface area contributed by atoms with E-state index in [1.807, 2.05) is 11.8 Å². The van der Waals surface area contributed by atoms with Gasteiger partial charge < -0.3 is 4.74 Å². The summed E-state index contributed by atoms with van der Waals surface area (Å²) in [7, 11) is 0. The van der Waals surface area contributed by atoms with Crippen molar-refractivity contribution in [2.45, 2.75) is 17.6 Å². The second-order valence-corrected chi connectivity index (χ2v) is 6.46. The summed E-state index contributed by atoms with van der Waals surface area (Å²) in [6.45, 7) is 0. The lowest BCUT2D eigenvalue weighted by atomic mass is 9.99. The Morgan fingerprint density at radius 3 is 2.39 bits per heavy atom. The SMILES string of the molecule is FC(F)(F)Oc1ccc(CC2CSCC2Br)cc1. The molecular weight excluding hydrogens is 329 g/mol. The standard InChI is InChI=1S/C12H12BrF3OS/c13-11-7-18-6-9(11)5-8-1-3-10(4-2-8)17-12(14,15)16/h1-4,9,11H,5-7H2. The zero-order valence-corrected chi connectivity index (χ0v) is 11.8. The normalized spacial score (nSPS) is 24.2. The van der Waals surface area contributed by atoms with E-state index < -0.39 is 6.36 Å². The van der Waals surface area contributed by atoms with Gasteiger partial charge in [0, 0.05) is 10.6 Å². The Balaban J connectivity index is 1.95. The zero-order valence-electron chi connectivity index (χ0n) is 9.41. The summed E-state index contributed by atoms with van der Waals surface area (Å²) in [5.41, 5.74) is 1.04. The molecule has 0 aromatic heterocycles. The zero-order chi connectivity index (χ0) is 13.2. The van der Waals surface area contributed by atoms with Crippen molar-refractivity contribution < 1.29 is 17.9 Å². The molecule has 1 heterocycles. The topological polar surface area (TPSA) is 9.23 Å². The van der Waals surface area contributed by atoms with E-state index in [4.69, 9.17) is 0 Å². The Hall–Kier alpha value is -0.360. The van der Waals surface area contributed by atoms with Gasteiger partial charge in [-0.1, -0.05) is 28.1 Å². The maximum absolute atomic E-state index is 12.0. The lowest BCUT2D eigenvalue weighted by molar-refractivity contribution is -0.274. The average Bonchev–Trinajstić information content (AvgIpc) is 2.65. The van der Waals surface area contributed by atoms with Crippen LogP contribution < -0.4 is 4.74 Å². The first-order chi connectivity index (χ1) is 8.44. The van der Waals surface area contributed by atoms with Gasteiger partial charge in [-0.3, -0.25) is 0 Å². The molecule has 0 saturated carbocycles. The molecule has 0 amide bonds. The van der Waals surface area contributed by atoms with Crippen LogP contribution in [0.3, 0.4) is 0 Å². The molecule has 0 spiro atoms. The molecule has 18 heavy (non-hydrogen) atoms. The molecule has 0 N–H and O–H groups in total. The van der Waals surface area contributed by atoms with Crippen LogP contribution in [0.5, 0.6) is 5.75 Å². The van der Waals surface area contributed by atoms with Crippen LogP contribution in [0.1, 0.15) is 5.56 Å². The van der Waals surface area contributed by atoms with Gasteiger partial charge in [-0.2, -0.15) is 11.8 Å². The molecule has 1 fully saturated rings. The fourth-order valence-electron chi connectivity index (χ4n) is 1.89. The number of ether oxygens (including phenoxy) is 1. The van der Waals surface area contributed by atoms with Crippen LogP contribution >= 0.6 is 27.7 Å². The van der Waals surface area contributed by atoms with Crippen LogP contribution in [0.2, 0.25) is 0 Å². The summed E-state index contributed by atoms with van der Waals surface area (Å²) >= 11 is 5.52. The number of hydrogen-bond acceptors (Lipinski definition) is 2. The van der Waals surface area contributed by atoms with E-state index in [2.05, 4.69) is 20.7 Å². The summed E-state index contributed by atoms with van der Waals surface area (Å²) < 4.78 is 39.8. The van der Waals surface area contributed by atoms with Gasteiger partial charge in [0.2, 0.25) is 0 Å². The lowest BCUT2D eigenvalue weighted by Crippen LogP contribution is -2.17. The van der Waals surface area contributed by atoms with Crippen LogP contribution in [0.25, 0.3) is 0 Å². The minimum atomic E-state index is -4.62. The predicted octanol–water partition coefficient (Wildman–Crippen LogP) is 4.25. The number of thioether (sulfide) groups is 1. The Kier molecular flexibility index (Phi) is 4.48. The third-order valence-corrected chi connectivity index (χ3v) is 5.53. The fraction of sp³-hybridized carbons (Fsp3) is 0.500. The van der Waals surface area contributed by atoms with Crippen molar-refractivity contribution in [2.75, 3.05) is 11.5 Å². The van der Waals surface area contributed by atoms with Gasteiger partial charge in [0.25, 0.3) is 0 Å². The third-order valence-electron chi connectivity index (χ3n) is 2.78. The van der Waals surface area contributed by atoms with Gasteiger partial charge in [-0.25, -0.2) is 0 Å². The van der Waals surface area contributed by atoms with Crippen LogP contribution in [-0.4, -0.2) is 22.7 Å². The van der Waals surface area contributed by atoms with Crippen LogP contribution in [0, 0.1) is 5.92 Å². The van der Waals surface area contributed by atoms with Gasteiger partial charge in [-0.05, 0) is 35.8 Å². The van der Waals surface area contributed by atoms with Gasteiger partial charge in [0.05, 0.1) is 0 Å². The van der Waals surface area contributed by atoms with Crippen molar-refractivity contribution in [3.8, 4) is 5.75 Å². The van der Waals surface area contributed by atoms with Crippen LogP contribution in [0.4, 0.5) is 13.2 Å². The molecule has 1 aliphatic heterocycles. The van der Waals surface area contributed by atoms with E-state index in [1.165, 1.54) is 12.1 Å². The summed E-state index contributed by atoms with van der Waals surface area (Å²) in [5, 5.41) is 0. The molecule has 1 aromatic carbocycles. The van der Waals surface area contributed by atoms with Crippen molar-refractivity contribution >= 4 is 27.7 Å². The highest BCUT2D eigenvalue weighted by atomic mass is 79.9. The summed E-state index contributed by atoms with van der Waals surface area (Å²) in [6.07, 6.45) is -3.74. The maximum atomic E-state index is 12.0. The minimum absolute atomic E-state index is 0.164. The van der Waals surface area contributed by atoms with Crippen molar-refractivity contribution in [3.05, 3.63) is 29.8 Å². The minimum Gasteiger partial charge on any atom is -0.406 e. The smallest absolute Gasteiger partial charge is 0.406 e. The van der Waals surface area contributed by atoms with E-state index in [0.29, 0.717) is 10.7 Å². The fourth-order valence-corrected chi connectivity index (χ4v) is 4.36. The Bertz CT molecular complexity index is 393. The summed E-state index contributed by atoms with van der Waals surface area (Å²) in [6, 6.07) is 6.13. The van der Waals surface area contributed by atoms with Gasteiger partial charge in [0.15, 0.2) is 0 Å². The van der Waals surface area contributed by atoms with Crippen molar-refractivity contribution in [3.63, 3.8) is 0 Å². The highest BCUT2D eigenvalue weighted by Gasteiger charge is 2.31. The van der Waals surface area contributed by atoms with E-state index in [-0.39, 0.29) is 5.75 Å². The monoisotopic (exact) mass is 340 g/mol. The van der Waals surface area contributed by atoms with Crippen molar-refractivity contribution in [1.82, 2.24) is 0 Å². The van der Waals surface area contributed by atoms with Crippen LogP contribution in [0.15, 0.2) is 24.3 Å². The second-order valence-electron chi connectivity index (χ2n) is 4.21. The molecule has 6 heteroatoms. The van der Waals surface area contributed by atoms with Crippen molar-refractivity contribution in [2.24, 2.45) is 5.92 Å². The number of benzene rings is 1. The molecule has 1 aliphatic rings. The first-order valence-corrected chi connectivity index (χ1v) is 7.57. The molecule has 0 aliphatic carbocycles. The summed E-state index contributed by atoms with van der Waals surface area (Å²) in [4.78, 5) is 0.494. The summed E-state index contributed by atoms with van der Waals surface area (Å²) in [5.74, 6) is 2.57. The molecule has 2 unspecified atom stereocenters. The quantitative estimate of drug-likeness (QED) is 0.760. The average molecular weight is 341 g/mol. The van der Waals surface area contributed by atoms with E-state index >= 15 is 0 Å². The maximum Gasteiger partial charge on any atom is 0.573 e. The number of alkyl halides is 4. The molecule has 1 nitrogen and oxygen atoms in total. The second kappa shape index (κ2) is 5.74. The van der Waals surface area contributed by atoms with Crippen LogP contribution in [-0.2, 0) is 6.42 Å². The highest BCUT2D eigenvalue weighted by molar-refractivity contribution is 9.09. The molecule has 100 valence electrons. The van der Waals surface area contributed by atoms with E-state index in [0.717, 1.165) is 23.5 Å². The van der Waals surface area contributed by atoms with E-state index in [9.17, 15) is 13.2 Å². The van der Waals surface area contributed by atoms with Gasteiger partial charge in [-0.15, -0.1) is 13.2 Å². The first kappa shape index (κ1) is 14.1. The molecule has 1 aromatic rings. The van der Waals surface area contributed by atoms with Gasteiger partial charge >= 0.3 is 6.36 Å². The molecule has 0 bridgehead atoms. The van der Waals surface area contributed by atoms with E-state index in [1.54, 1.807) is 12.1 Å². The largest absolute Gasteiger partial charge is 0.573 e. The molecule has 2 rings (SSSR count). The number of hydrogen-bond donors (Lipinski definition) is 0. The highest BCUT2D eigenvalue weighted by Crippen LogP contribution is 2.32. The molecule has 1 saturated heterocycles. The van der Waals surface area contributed by atoms with Gasteiger partial charge in [0.1, 0.15) is 5.75 Å².